The van der Waals surface area contributed by atoms with E-state index in [2.05, 4.69) is 50.0 Å². The summed E-state index contributed by atoms with van der Waals surface area (Å²) < 4.78 is 0. The van der Waals surface area contributed by atoms with Gasteiger partial charge in [0.05, 0.1) is 11.2 Å². The maximum atomic E-state index is 13.4. The molecule has 6 rings (SSSR count). The standard InChI is InChI=1S/C35H52N6O2/c1-27-11-12-29-10-6-15-37-33(29)34(27)40-20-7-19-39(24-25-40)31(26-32(42)36-16-23-38-17-4-5-18-38)28-13-21-41(22-14-28)35(43)30-8-2-3-9-30/h6,10-12,15,28,30-31H,2-5,7-9,13-14,16-26H2,1H3,(H,36,42). The summed E-state index contributed by atoms with van der Waals surface area (Å²) in [6, 6.07) is 8.77. The first-order valence-electron chi connectivity index (χ1n) is 17.2. The molecule has 4 fully saturated rings. The summed E-state index contributed by atoms with van der Waals surface area (Å²) in [6.07, 6.45) is 12.6. The number of aromatic nitrogens is 1. The predicted molar refractivity (Wildman–Crippen MR) is 173 cm³/mol. The van der Waals surface area contributed by atoms with E-state index in [4.69, 9.17) is 4.98 Å². The highest BCUT2D eigenvalue weighted by Gasteiger charge is 2.36. The zero-order valence-corrected chi connectivity index (χ0v) is 26.3. The number of pyridine rings is 1. The van der Waals surface area contributed by atoms with Crippen LogP contribution < -0.4 is 10.2 Å². The number of rotatable bonds is 9. The number of carbonyl (C=O) groups is 2. The fourth-order valence-corrected chi connectivity index (χ4v) is 8.27. The second-order valence-electron chi connectivity index (χ2n) is 13.5. The van der Waals surface area contributed by atoms with Crippen LogP contribution in [0, 0.1) is 18.8 Å². The van der Waals surface area contributed by atoms with Crippen LogP contribution >= 0.6 is 0 Å². The van der Waals surface area contributed by atoms with E-state index in [1.165, 1.54) is 42.3 Å². The summed E-state index contributed by atoms with van der Waals surface area (Å²) in [5, 5.41) is 4.46. The first-order valence-corrected chi connectivity index (χ1v) is 17.2. The maximum absolute atomic E-state index is 13.4. The molecule has 1 aromatic carbocycles. The zero-order chi connectivity index (χ0) is 29.6. The quantitative estimate of drug-likeness (QED) is 0.467. The molecular formula is C35H52N6O2. The summed E-state index contributed by atoms with van der Waals surface area (Å²) in [7, 11) is 0. The van der Waals surface area contributed by atoms with E-state index in [1.54, 1.807) is 0 Å². The minimum Gasteiger partial charge on any atom is -0.368 e. The van der Waals surface area contributed by atoms with Crippen molar-refractivity contribution < 1.29 is 9.59 Å². The van der Waals surface area contributed by atoms with Gasteiger partial charge in [-0.05, 0) is 82.5 Å². The minimum atomic E-state index is 0.184. The van der Waals surface area contributed by atoms with Crippen LogP contribution in [-0.2, 0) is 9.59 Å². The molecule has 234 valence electrons. The molecule has 8 heteroatoms. The van der Waals surface area contributed by atoms with Gasteiger partial charge in [0.2, 0.25) is 11.8 Å². The van der Waals surface area contributed by atoms with Crippen LogP contribution in [0.2, 0.25) is 0 Å². The molecule has 43 heavy (non-hydrogen) atoms. The van der Waals surface area contributed by atoms with Gasteiger partial charge in [0.1, 0.15) is 0 Å². The van der Waals surface area contributed by atoms with Crippen LogP contribution in [0.25, 0.3) is 10.9 Å². The fraction of sp³-hybridized carbons (Fsp3) is 0.686. The molecular weight excluding hydrogens is 536 g/mol. The number of benzene rings is 1. The highest BCUT2D eigenvalue weighted by molar-refractivity contribution is 5.92. The van der Waals surface area contributed by atoms with E-state index in [0.717, 1.165) is 103 Å². The Kier molecular flexibility index (Phi) is 10.1. The van der Waals surface area contributed by atoms with Gasteiger partial charge < -0.3 is 20.0 Å². The molecule has 2 aromatic rings. The zero-order valence-electron chi connectivity index (χ0n) is 26.3. The monoisotopic (exact) mass is 588 g/mol. The second-order valence-corrected chi connectivity index (χ2v) is 13.5. The van der Waals surface area contributed by atoms with Gasteiger partial charge >= 0.3 is 0 Å². The number of amides is 2. The highest BCUT2D eigenvalue weighted by atomic mass is 16.2. The van der Waals surface area contributed by atoms with Crippen LogP contribution in [0.15, 0.2) is 30.5 Å². The smallest absolute Gasteiger partial charge is 0.225 e. The predicted octanol–water partition coefficient (Wildman–Crippen LogP) is 4.45. The minimum absolute atomic E-state index is 0.184. The Morgan fingerprint density at radius 2 is 1.67 bits per heavy atom. The van der Waals surface area contributed by atoms with E-state index in [0.29, 0.717) is 18.2 Å². The number of piperidine rings is 1. The molecule has 1 aliphatic carbocycles. The molecule has 1 N–H and O–H groups in total. The summed E-state index contributed by atoms with van der Waals surface area (Å²) >= 11 is 0. The van der Waals surface area contributed by atoms with Crippen molar-refractivity contribution in [2.45, 2.75) is 77.2 Å². The van der Waals surface area contributed by atoms with Crippen molar-refractivity contribution in [3.63, 3.8) is 0 Å². The summed E-state index contributed by atoms with van der Waals surface area (Å²) in [6.45, 7) is 11.8. The van der Waals surface area contributed by atoms with Gasteiger partial charge in [0, 0.05) is 82.3 Å². The molecule has 1 atom stereocenters. The lowest BCUT2D eigenvalue weighted by Gasteiger charge is -2.41. The molecule has 3 saturated heterocycles. The lowest BCUT2D eigenvalue weighted by Crippen LogP contribution is -2.50. The van der Waals surface area contributed by atoms with Crippen molar-refractivity contribution >= 4 is 28.4 Å². The van der Waals surface area contributed by atoms with E-state index in [1.807, 2.05) is 12.3 Å². The molecule has 1 aromatic heterocycles. The van der Waals surface area contributed by atoms with Gasteiger partial charge in [-0.3, -0.25) is 19.5 Å². The van der Waals surface area contributed by atoms with E-state index in [9.17, 15) is 9.59 Å². The molecule has 0 radical (unpaired) electrons. The Labute approximate surface area is 258 Å². The van der Waals surface area contributed by atoms with Crippen molar-refractivity contribution in [2.75, 3.05) is 70.3 Å². The first kappa shape index (κ1) is 30.3. The lowest BCUT2D eigenvalue weighted by atomic mass is 9.85. The molecule has 8 nitrogen and oxygen atoms in total. The van der Waals surface area contributed by atoms with E-state index >= 15 is 0 Å². The van der Waals surface area contributed by atoms with Crippen molar-refractivity contribution in [3.8, 4) is 0 Å². The van der Waals surface area contributed by atoms with Crippen LogP contribution in [-0.4, -0.2) is 103 Å². The van der Waals surface area contributed by atoms with E-state index < -0.39 is 0 Å². The average molecular weight is 589 g/mol. The largest absolute Gasteiger partial charge is 0.368 e. The second kappa shape index (κ2) is 14.4. The van der Waals surface area contributed by atoms with Crippen molar-refractivity contribution in [3.05, 3.63) is 36.0 Å². The molecule has 1 saturated carbocycles. The van der Waals surface area contributed by atoms with Gasteiger partial charge in [-0.1, -0.05) is 31.0 Å². The number of hydrogen-bond acceptors (Lipinski definition) is 6. The molecule has 0 spiro atoms. The average Bonchev–Trinajstić information content (AvgIpc) is 3.71. The third-order valence-corrected chi connectivity index (χ3v) is 10.7. The van der Waals surface area contributed by atoms with Gasteiger partial charge in [0.15, 0.2) is 0 Å². The Hall–Kier alpha value is -2.71. The normalized spacial score (nSPS) is 22.3. The van der Waals surface area contributed by atoms with Crippen molar-refractivity contribution in [1.29, 1.82) is 0 Å². The lowest BCUT2D eigenvalue weighted by molar-refractivity contribution is -0.137. The number of nitrogens with one attached hydrogen (secondary N) is 1. The third-order valence-electron chi connectivity index (χ3n) is 10.7. The molecule has 2 amide bonds. The number of fused-ring (bicyclic) bond motifs is 1. The molecule has 1 unspecified atom stereocenters. The number of aryl methyl sites for hydroxylation is 1. The number of anilines is 1. The maximum Gasteiger partial charge on any atom is 0.225 e. The number of hydrogen-bond donors (Lipinski definition) is 1. The Morgan fingerprint density at radius 3 is 2.47 bits per heavy atom. The SMILES string of the molecule is Cc1ccc2cccnc2c1N1CCCN(C(CC(=O)NCCN2CCCC2)C2CCN(C(=O)C3CCCC3)CC2)CC1. The van der Waals surface area contributed by atoms with E-state index in [-0.39, 0.29) is 17.9 Å². The Bertz CT molecular complexity index is 1230. The Morgan fingerprint density at radius 1 is 0.884 bits per heavy atom. The summed E-state index contributed by atoms with van der Waals surface area (Å²) in [4.78, 5) is 41.1. The number of carbonyl (C=O) groups excluding carboxylic acids is 2. The molecule has 4 heterocycles. The number of likely N-dealkylation sites (tertiary alicyclic amines) is 2. The van der Waals surface area contributed by atoms with Crippen LogP contribution in [0.1, 0.15) is 69.8 Å². The summed E-state index contributed by atoms with van der Waals surface area (Å²) in [5.41, 5.74) is 3.62. The van der Waals surface area contributed by atoms with Crippen LogP contribution in [0.5, 0.6) is 0 Å². The van der Waals surface area contributed by atoms with Gasteiger partial charge in [0.25, 0.3) is 0 Å². The Balaban J connectivity index is 1.12. The van der Waals surface area contributed by atoms with Gasteiger partial charge in [-0.25, -0.2) is 0 Å². The first-order chi connectivity index (χ1) is 21.1. The molecule has 0 bridgehead atoms. The van der Waals surface area contributed by atoms with Crippen LogP contribution in [0.4, 0.5) is 5.69 Å². The third kappa shape index (κ3) is 7.34. The molecule has 4 aliphatic rings. The molecule has 3 aliphatic heterocycles. The summed E-state index contributed by atoms with van der Waals surface area (Å²) in [5.74, 6) is 1.25. The van der Waals surface area contributed by atoms with Crippen LogP contribution in [0.3, 0.4) is 0 Å². The van der Waals surface area contributed by atoms with Gasteiger partial charge in [-0.2, -0.15) is 0 Å². The van der Waals surface area contributed by atoms with Crippen molar-refractivity contribution in [2.24, 2.45) is 11.8 Å². The number of nitrogens with zero attached hydrogens (tertiary/aromatic N) is 5. The fourth-order valence-electron chi connectivity index (χ4n) is 8.27. The highest BCUT2D eigenvalue weighted by Crippen LogP contribution is 2.33. The van der Waals surface area contributed by atoms with Crippen molar-refractivity contribution in [1.82, 2.24) is 25.0 Å². The van der Waals surface area contributed by atoms with Gasteiger partial charge in [-0.15, -0.1) is 0 Å². The topological polar surface area (TPSA) is 72.0 Å².